The monoisotopic (exact) mass is 275 g/mol. The summed E-state index contributed by atoms with van der Waals surface area (Å²) in [5.74, 6) is -0.501. The molecule has 0 amide bonds. The van der Waals surface area contributed by atoms with E-state index >= 15 is 0 Å². The predicted octanol–water partition coefficient (Wildman–Crippen LogP) is 1.51. The smallest absolute Gasteiger partial charge is 0.383 e. The summed E-state index contributed by atoms with van der Waals surface area (Å²) in [6.07, 6.45) is -2.95. The van der Waals surface area contributed by atoms with E-state index in [0.717, 1.165) is 6.08 Å². The van der Waals surface area contributed by atoms with Gasteiger partial charge in [0.25, 0.3) is 0 Å². The molecule has 1 rings (SSSR count). The van der Waals surface area contributed by atoms with Gasteiger partial charge in [-0.1, -0.05) is 5.16 Å². The van der Waals surface area contributed by atoms with Crippen LogP contribution in [0.25, 0.3) is 5.70 Å². The van der Waals surface area contributed by atoms with E-state index in [-0.39, 0.29) is 23.6 Å². The molecule has 0 atom stereocenters. The Bertz CT molecular complexity index is 478. The van der Waals surface area contributed by atoms with Gasteiger partial charge in [-0.2, -0.15) is 13.2 Å². The summed E-state index contributed by atoms with van der Waals surface area (Å²) in [4.78, 5) is 0. The molecule has 1 aromatic heterocycles. The van der Waals surface area contributed by atoms with Crippen molar-refractivity contribution in [1.82, 2.24) is 10.5 Å². The van der Waals surface area contributed by atoms with Crippen LogP contribution >= 0.6 is 0 Å². The molecule has 1 aromatic rings. The summed E-state index contributed by atoms with van der Waals surface area (Å²) in [5.41, 5.74) is 5.13. The molecular formula is C10H12F3N5O. The van der Waals surface area contributed by atoms with Crippen LogP contribution in [0.1, 0.15) is 12.1 Å². The Kier molecular flexibility index (Phi) is 4.67. The molecule has 0 spiro atoms. The van der Waals surface area contributed by atoms with Gasteiger partial charge in [0.2, 0.25) is 0 Å². The van der Waals surface area contributed by atoms with E-state index in [2.05, 4.69) is 15.0 Å². The highest BCUT2D eigenvalue weighted by molar-refractivity contribution is 6.43. The molecule has 0 aromatic carbocycles. The summed E-state index contributed by atoms with van der Waals surface area (Å²) in [6, 6.07) is 1.42. The van der Waals surface area contributed by atoms with Crippen LogP contribution in [0.2, 0.25) is 0 Å². The van der Waals surface area contributed by atoms with Gasteiger partial charge in [0.15, 0.2) is 0 Å². The molecule has 5 N–H and O–H groups in total. The van der Waals surface area contributed by atoms with E-state index in [1.54, 1.807) is 0 Å². The highest BCUT2D eigenvalue weighted by atomic mass is 19.4. The number of rotatable bonds is 6. The molecule has 0 aliphatic heterocycles. The summed E-state index contributed by atoms with van der Waals surface area (Å²) in [7, 11) is 0. The first-order valence-corrected chi connectivity index (χ1v) is 5.15. The molecule has 0 saturated carbocycles. The third-order valence-corrected chi connectivity index (χ3v) is 2.02. The number of amidine groups is 1. The van der Waals surface area contributed by atoms with E-state index < -0.39 is 18.4 Å². The Morgan fingerprint density at radius 3 is 2.63 bits per heavy atom. The zero-order valence-corrected chi connectivity index (χ0v) is 9.71. The highest BCUT2D eigenvalue weighted by Crippen LogP contribution is 2.19. The summed E-state index contributed by atoms with van der Waals surface area (Å²) >= 11 is 0. The molecule has 0 fully saturated rings. The average molecular weight is 275 g/mol. The Hall–Kier alpha value is -2.32. The Morgan fingerprint density at radius 2 is 2.16 bits per heavy atom. The van der Waals surface area contributed by atoms with E-state index in [1.807, 2.05) is 0 Å². The largest absolute Gasteiger partial charge is 0.390 e. The van der Waals surface area contributed by atoms with Crippen molar-refractivity contribution >= 4 is 17.2 Å². The minimum Gasteiger partial charge on any atom is -0.383 e. The predicted molar refractivity (Wildman–Crippen MR) is 62.8 cm³/mol. The second-order valence-corrected chi connectivity index (χ2v) is 3.56. The van der Waals surface area contributed by atoms with Crippen molar-refractivity contribution in [2.75, 3.05) is 6.54 Å². The second-order valence-electron chi connectivity index (χ2n) is 3.56. The number of nitrogens with two attached hydrogens (primary N) is 1. The van der Waals surface area contributed by atoms with Gasteiger partial charge in [-0.05, 0) is 6.08 Å². The van der Waals surface area contributed by atoms with Gasteiger partial charge in [-0.3, -0.25) is 10.8 Å². The lowest BCUT2D eigenvalue weighted by Gasteiger charge is -2.10. The first kappa shape index (κ1) is 14.7. The molecule has 0 saturated heterocycles. The minimum atomic E-state index is -4.28. The van der Waals surface area contributed by atoms with Gasteiger partial charge in [-0.25, -0.2) is 0 Å². The van der Waals surface area contributed by atoms with Gasteiger partial charge in [0.05, 0.1) is 17.8 Å². The lowest BCUT2D eigenvalue weighted by molar-refractivity contribution is -0.132. The number of hydrogen-bond donors (Lipinski definition) is 4. The maximum Gasteiger partial charge on any atom is 0.390 e. The van der Waals surface area contributed by atoms with Crippen molar-refractivity contribution < 1.29 is 17.7 Å². The van der Waals surface area contributed by atoms with Crippen molar-refractivity contribution in [3.05, 3.63) is 24.1 Å². The molecule has 6 nitrogen and oxygen atoms in total. The summed E-state index contributed by atoms with van der Waals surface area (Å²) in [5, 5.41) is 20.5. The number of hydrogen-bond acceptors (Lipinski definition) is 5. The normalized spacial score (nSPS) is 12.3. The fourth-order valence-corrected chi connectivity index (χ4v) is 1.13. The zero-order chi connectivity index (χ0) is 14.5. The molecule has 0 radical (unpaired) electrons. The van der Waals surface area contributed by atoms with Crippen molar-refractivity contribution in [3.63, 3.8) is 0 Å². The van der Waals surface area contributed by atoms with E-state index in [1.165, 1.54) is 12.3 Å². The van der Waals surface area contributed by atoms with Crippen LogP contribution in [-0.2, 0) is 0 Å². The number of aromatic nitrogens is 1. The molecule has 0 aliphatic rings. The molecule has 9 heteroatoms. The van der Waals surface area contributed by atoms with E-state index in [0.29, 0.717) is 0 Å². The quantitative estimate of drug-likeness (QED) is 0.465. The van der Waals surface area contributed by atoms with Crippen LogP contribution in [0.3, 0.4) is 0 Å². The molecule has 0 bridgehead atoms. The zero-order valence-electron chi connectivity index (χ0n) is 9.71. The van der Waals surface area contributed by atoms with Crippen molar-refractivity contribution in [2.45, 2.75) is 12.6 Å². The standard InChI is InChI=1S/C10H12F3N5O/c11-10(12,13)2-3-17-8(5-6(14)9(15)16)7-1-4-19-18-7/h1,4-5,14,17H,2-3H2,(H3,15,16)/b8-5-,14-6?. The van der Waals surface area contributed by atoms with Crippen LogP contribution in [0.4, 0.5) is 13.2 Å². The van der Waals surface area contributed by atoms with Crippen LogP contribution in [0.15, 0.2) is 22.9 Å². The fourth-order valence-electron chi connectivity index (χ4n) is 1.13. The van der Waals surface area contributed by atoms with Gasteiger partial charge < -0.3 is 15.6 Å². The van der Waals surface area contributed by atoms with Gasteiger partial charge >= 0.3 is 6.18 Å². The van der Waals surface area contributed by atoms with Crippen LogP contribution in [0.5, 0.6) is 0 Å². The third-order valence-electron chi connectivity index (χ3n) is 2.02. The number of nitrogens with one attached hydrogen (secondary N) is 3. The van der Waals surface area contributed by atoms with E-state index in [9.17, 15) is 13.2 Å². The maximum atomic E-state index is 12.0. The lowest BCUT2D eigenvalue weighted by Crippen LogP contribution is -2.24. The van der Waals surface area contributed by atoms with Gasteiger partial charge in [0, 0.05) is 12.6 Å². The van der Waals surface area contributed by atoms with Crippen LogP contribution < -0.4 is 11.1 Å². The topological polar surface area (TPSA) is 112 Å². The third kappa shape index (κ3) is 5.23. The lowest BCUT2D eigenvalue weighted by atomic mass is 10.2. The Balaban J connectivity index is 2.77. The number of nitrogens with zero attached hydrogens (tertiary/aromatic N) is 1. The Morgan fingerprint density at radius 1 is 1.47 bits per heavy atom. The highest BCUT2D eigenvalue weighted by Gasteiger charge is 2.26. The number of halogens is 3. The first-order valence-electron chi connectivity index (χ1n) is 5.15. The van der Waals surface area contributed by atoms with Gasteiger partial charge in [-0.15, -0.1) is 0 Å². The van der Waals surface area contributed by atoms with Crippen molar-refractivity contribution in [2.24, 2.45) is 5.73 Å². The molecule has 1 heterocycles. The van der Waals surface area contributed by atoms with E-state index in [4.69, 9.17) is 16.6 Å². The SMILES string of the molecule is N=C(N)C(=N)/C=C(\NCCC(F)(F)F)c1ccon1. The fraction of sp³-hybridized carbons (Fsp3) is 0.300. The maximum absolute atomic E-state index is 12.0. The molecule has 0 aliphatic carbocycles. The Labute approximate surface area is 106 Å². The van der Waals surface area contributed by atoms with Crippen LogP contribution in [-0.4, -0.2) is 29.4 Å². The van der Waals surface area contributed by atoms with Crippen LogP contribution in [0, 0.1) is 10.8 Å². The first-order chi connectivity index (χ1) is 8.79. The molecule has 0 unspecified atom stereocenters. The van der Waals surface area contributed by atoms with Gasteiger partial charge in [0.1, 0.15) is 17.8 Å². The molecule has 19 heavy (non-hydrogen) atoms. The molecular weight excluding hydrogens is 263 g/mol. The molecule has 104 valence electrons. The summed E-state index contributed by atoms with van der Waals surface area (Å²) < 4.78 is 40.7. The second kappa shape index (κ2) is 6.03. The summed E-state index contributed by atoms with van der Waals surface area (Å²) in [6.45, 7) is -0.382. The van der Waals surface area contributed by atoms with Crippen molar-refractivity contribution in [1.29, 1.82) is 10.8 Å². The van der Waals surface area contributed by atoms with Crippen molar-refractivity contribution in [3.8, 4) is 0 Å². The minimum absolute atomic E-state index is 0.137. The number of alkyl halides is 3. The average Bonchev–Trinajstić information content (AvgIpc) is 2.78.